The Morgan fingerprint density at radius 3 is 2.84 bits per heavy atom. The maximum atomic E-state index is 12.2. The fourth-order valence-electron chi connectivity index (χ4n) is 2.51. The van der Waals surface area contributed by atoms with Crippen molar-refractivity contribution in [2.45, 2.75) is 52.1 Å². The lowest BCUT2D eigenvalue weighted by Crippen LogP contribution is -2.28. The lowest BCUT2D eigenvalue weighted by Gasteiger charge is -2.28. The summed E-state index contributed by atoms with van der Waals surface area (Å²) in [6.45, 7) is 4.13. The summed E-state index contributed by atoms with van der Waals surface area (Å²) in [5.41, 5.74) is 1.32. The molecule has 1 aromatic heterocycles. The summed E-state index contributed by atoms with van der Waals surface area (Å²) in [5, 5.41) is 0.350. The average molecular weight is 282 g/mol. The van der Waals surface area contributed by atoms with E-state index in [0.29, 0.717) is 16.6 Å². The number of nitrogens with zero attached hydrogens (tertiary/aromatic N) is 1. The molecule has 1 heterocycles. The van der Waals surface area contributed by atoms with Gasteiger partial charge in [0.15, 0.2) is 0 Å². The van der Waals surface area contributed by atoms with E-state index >= 15 is 0 Å². The minimum Gasteiger partial charge on any atom is -0.458 e. The first kappa shape index (κ1) is 14.3. The Morgan fingerprint density at radius 1 is 1.42 bits per heavy atom. The minimum absolute atomic E-state index is 0.0401. The normalized spacial score (nSPS) is 23.1. The SMILES string of the molecule is CCc1cc(C(=O)OC2CCCCC2C)cc(Cl)n1. The molecule has 3 nitrogen and oxygen atoms in total. The number of carbonyl (C=O) groups is 1. The van der Waals surface area contributed by atoms with Gasteiger partial charge in [0, 0.05) is 5.69 Å². The predicted octanol–water partition coefficient (Wildman–Crippen LogP) is 4.03. The molecule has 0 saturated heterocycles. The largest absolute Gasteiger partial charge is 0.458 e. The molecule has 0 aliphatic heterocycles. The van der Waals surface area contributed by atoms with Crippen molar-refractivity contribution >= 4 is 17.6 Å². The molecule has 1 aliphatic rings. The van der Waals surface area contributed by atoms with Crippen LogP contribution < -0.4 is 0 Å². The van der Waals surface area contributed by atoms with Gasteiger partial charge >= 0.3 is 5.97 Å². The molecule has 1 saturated carbocycles. The summed E-state index contributed by atoms with van der Waals surface area (Å²) in [6, 6.07) is 3.35. The van der Waals surface area contributed by atoms with Gasteiger partial charge in [-0.15, -0.1) is 0 Å². The third-order valence-electron chi connectivity index (χ3n) is 3.74. The van der Waals surface area contributed by atoms with Crippen molar-refractivity contribution in [2.75, 3.05) is 0 Å². The second-order valence-electron chi connectivity index (χ2n) is 5.23. The van der Waals surface area contributed by atoms with Gasteiger partial charge in [0.05, 0.1) is 5.56 Å². The number of halogens is 1. The number of aromatic nitrogens is 1. The van der Waals surface area contributed by atoms with Crippen LogP contribution in [0.25, 0.3) is 0 Å². The van der Waals surface area contributed by atoms with E-state index in [-0.39, 0.29) is 12.1 Å². The number of esters is 1. The Bertz CT molecular complexity index is 461. The molecule has 0 amide bonds. The van der Waals surface area contributed by atoms with Crippen molar-refractivity contribution in [1.29, 1.82) is 0 Å². The van der Waals surface area contributed by atoms with Crippen molar-refractivity contribution in [3.05, 3.63) is 28.5 Å². The Balaban J connectivity index is 2.08. The van der Waals surface area contributed by atoms with Gasteiger partial charge in [-0.1, -0.05) is 31.9 Å². The van der Waals surface area contributed by atoms with Gasteiger partial charge in [-0.2, -0.15) is 0 Å². The molecule has 1 fully saturated rings. The smallest absolute Gasteiger partial charge is 0.338 e. The highest BCUT2D eigenvalue weighted by Gasteiger charge is 2.25. The molecular weight excluding hydrogens is 262 g/mol. The van der Waals surface area contributed by atoms with Crippen LogP contribution in [0.3, 0.4) is 0 Å². The highest BCUT2D eigenvalue weighted by Crippen LogP contribution is 2.27. The Kier molecular flexibility index (Phi) is 4.81. The third kappa shape index (κ3) is 3.69. The highest BCUT2D eigenvalue weighted by molar-refractivity contribution is 6.29. The molecular formula is C15H20ClNO2. The second kappa shape index (κ2) is 6.38. The number of aryl methyl sites for hydroxylation is 1. The van der Waals surface area contributed by atoms with Crippen LogP contribution in [0.2, 0.25) is 5.15 Å². The molecule has 19 heavy (non-hydrogen) atoms. The predicted molar refractivity (Wildman–Crippen MR) is 75.5 cm³/mol. The van der Waals surface area contributed by atoms with E-state index in [1.807, 2.05) is 6.92 Å². The summed E-state index contributed by atoms with van der Waals surface area (Å²) in [4.78, 5) is 16.3. The van der Waals surface area contributed by atoms with E-state index in [9.17, 15) is 4.79 Å². The molecule has 0 spiro atoms. The van der Waals surface area contributed by atoms with Gasteiger partial charge in [-0.05, 0) is 43.7 Å². The van der Waals surface area contributed by atoms with Crippen molar-refractivity contribution in [3.8, 4) is 0 Å². The molecule has 0 radical (unpaired) electrons. The van der Waals surface area contributed by atoms with Crippen LogP contribution in [0, 0.1) is 5.92 Å². The lowest BCUT2D eigenvalue weighted by molar-refractivity contribution is 0.00479. The van der Waals surface area contributed by atoms with Gasteiger partial charge in [-0.3, -0.25) is 0 Å². The van der Waals surface area contributed by atoms with Crippen LogP contribution in [0.4, 0.5) is 0 Å². The van der Waals surface area contributed by atoms with E-state index in [0.717, 1.165) is 31.4 Å². The number of ether oxygens (including phenoxy) is 1. The summed E-state index contributed by atoms with van der Waals surface area (Å²) in [7, 11) is 0. The van der Waals surface area contributed by atoms with Crippen LogP contribution in [-0.4, -0.2) is 17.1 Å². The topological polar surface area (TPSA) is 39.2 Å². The molecule has 2 unspecified atom stereocenters. The Labute approximate surface area is 119 Å². The summed E-state index contributed by atoms with van der Waals surface area (Å²) in [5.74, 6) is 0.165. The first-order valence-corrected chi connectivity index (χ1v) is 7.35. The van der Waals surface area contributed by atoms with E-state index in [1.54, 1.807) is 12.1 Å². The number of hydrogen-bond donors (Lipinski definition) is 0. The average Bonchev–Trinajstić information content (AvgIpc) is 2.40. The first-order chi connectivity index (χ1) is 9.10. The zero-order valence-corrected chi connectivity index (χ0v) is 12.2. The van der Waals surface area contributed by atoms with Crippen molar-refractivity contribution in [2.24, 2.45) is 5.92 Å². The van der Waals surface area contributed by atoms with E-state index in [4.69, 9.17) is 16.3 Å². The summed E-state index contributed by atoms with van der Waals surface area (Å²) >= 11 is 5.93. The highest BCUT2D eigenvalue weighted by atomic mass is 35.5. The molecule has 1 aromatic rings. The molecule has 0 aromatic carbocycles. The summed E-state index contributed by atoms with van der Waals surface area (Å²) in [6.07, 6.45) is 5.26. The van der Waals surface area contributed by atoms with Gasteiger partial charge in [0.1, 0.15) is 11.3 Å². The molecule has 0 N–H and O–H groups in total. The zero-order valence-electron chi connectivity index (χ0n) is 11.5. The van der Waals surface area contributed by atoms with E-state index in [1.165, 1.54) is 6.42 Å². The van der Waals surface area contributed by atoms with Crippen molar-refractivity contribution < 1.29 is 9.53 Å². The maximum absolute atomic E-state index is 12.2. The van der Waals surface area contributed by atoms with Crippen LogP contribution in [0.5, 0.6) is 0 Å². The van der Waals surface area contributed by atoms with E-state index in [2.05, 4.69) is 11.9 Å². The number of hydrogen-bond acceptors (Lipinski definition) is 3. The molecule has 1 aliphatic carbocycles. The monoisotopic (exact) mass is 281 g/mol. The van der Waals surface area contributed by atoms with Gasteiger partial charge in [0.25, 0.3) is 0 Å². The maximum Gasteiger partial charge on any atom is 0.338 e. The van der Waals surface area contributed by atoms with Crippen molar-refractivity contribution in [1.82, 2.24) is 4.98 Å². The Morgan fingerprint density at radius 2 is 2.16 bits per heavy atom. The van der Waals surface area contributed by atoms with Crippen LogP contribution >= 0.6 is 11.6 Å². The van der Waals surface area contributed by atoms with E-state index < -0.39 is 0 Å². The molecule has 0 bridgehead atoms. The minimum atomic E-state index is -0.280. The second-order valence-corrected chi connectivity index (χ2v) is 5.62. The molecule has 2 atom stereocenters. The lowest BCUT2D eigenvalue weighted by atomic mass is 9.88. The summed E-state index contributed by atoms with van der Waals surface area (Å²) < 4.78 is 5.62. The van der Waals surface area contributed by atoms with Gasteiger partial charge in [-0.25, -0.2) is 9.78 Å². The Hall–Kier alpha value is -1.09. The van der Waals surface area contributed by atoms with Crippen LogP contribution in [-0.2, 0) is 11.2 Å². The third-order valence-corrected chi connectivity index (χ3v) is 3.93. The van der Waals surface area contributed by atoms with Gasteiger partial charge in [0.2, 0.25) is 0 Å². The standard InChI is InChI=1S/C15H20ClNO2/c1-3-12-8-11(9-14(16)17-12)15(18)19-13-7-5-4-6-10(13)2/h8-10,13H,3-7H2,1-2H3. The zero-order chi connectivity index (χ0) is 13.8. The molecule has 2 rings (SSSR count). The molecule has 104 valence electrons. The fourth-order valence-corrected chi connectivity index (χ4v) is 2.74. The van der Waals surface area contributed by atoms with Crippen LogP contribution in [0.15, 0.2) is 12.1 Å². The molecule has 4 heteroatoms. The van der Waals surface area contributed by atoms with Gasteiger partial charge < -0.3 is 4.74 Å². The first-order valence-electron chi connectivity index (χ1n) is 6.97. The van der Waals surface area contributed by atoms with Crippen LogP contribution in [0.1, 0.15) is 55.6 Å². The number of rotatable bonds is 3. The quantitative estimate of drug-likeness (QED) is 0.620. The number of carbonyl (C=O) groups excluding carboxylic acids is 1. The van der Waals surface area contributed by atoms with Crippen molar-refractivity contribution in [3.63, 3.8) is 0 Å². The fraction of sp³-hybridized carbons (Fsp3) is 0.600. The number of pyridine rings is 1.